The molecule has 1 aliphatic rings. The average Bonchev–Trinajstić information content (AvgIpc) is 3.15. The molecule has 0 bridgehead atoms. The van der Waals surface area contributed by atoms with Crippen molar-refractivity contribution in [2.75, 3.05) is 27.3 Å². The van der Waals surface area contributed by atoms with Gasteiger partial charge in [0.2, 0.25) is 0 Å². The summed E-state index contributed by atoms with van der Waals surface area (Å²) in [5.41, 5.74) is 2.85. The number of amides is 1. The maximum Gasteiger partial charge on any atom is 0.261 e. The van der Waals surface area contributed by atoms with Crippen LogP contribution in [0.15, 0.2) is 42.6 Å². The van der Waals surface area contributed by atoms with Crippen LogP contribution < -0.4 is 9.47 Å². The van der Waals surface area contributed by atoms with Gasteiger partial charge in [0.1, 0.15) is 17.1 Å². The summed E-state index contributed by atoms with van der Waals surface area (Å²) in [5, 5.41) is 1.94. The summed E-state index contributed by atoms with van der Waals surface area (Å²) in [5.74, 6) is 1.46. The van der Waals surface area contributed by atoms with E-state index in [1.807, 2.05) is 23.1 Å². The first-order valence-corrected chi connectivity index (χ1v) is 9.77. The van der Waals surface area contributed by atoms with Crippen molar-refractivity contribution >= 4 is 28.4 Å². The van der Waals surface area contributed by atoms with Gasteiger partial charge < -0.3 is 19.4 Å². The summed E-state index contributed by atoms with van der Waals surface area (Å²) in [6.07, 6.45) is 3.91. The molecule has 1 N–H and O–H groups in total. The lowest BCUT2D eigenvalue weighted by atomic mass is 9.89. The number of hydrogen-bond donors (Lipinski definition) is 1. The number of carbonyl (C=O) groups excluding carboxylic acids is 1. The summed E-state index contributed by atoms with van der Waals surface area (Å²) >= 11 is 6.09. The van der Waals surface area contributed by atoms with E-state index in [1.54, 1.807) is 26.4 Å². The number of carbonyl (C=O) groups is 1. The lowest BCUT2D eigenvalue weighted by molar-refractivity contribution is 0.0706. The zero-order valence-electron chi connectivity index (χ0n) is 16.0. The van der Waals surface area contributed by atoms with Crippen molar-refractivity contribution in [1.29, 1.82) is 0 Å². The quantitative estimate of drug-likeness (QED) is 0.682. The largest absolute Gasteiger partial charge is 0.496 e. The first-order chi connectivity index (χ1) is 13.6. The van der Waals surface area contributed by atoms with Crippen LogP contribution in [0.4, 0.5) is 0 Å². The zero-order chi connectivity index (χ0) is 19.7. The molecular formula is C22H23ClN2O3. The van der Waals surface area contributed by atoms with E-state index in [9.17, 15) is 4.79 Å². The van der Waals surface area contributed by atoms with Crippen LogP contribution in [0.2, 0.25) is 5.02 Å². The van der Waals surface area contributed by atoms with Crippen LogP contribution in [-0.2, 0) is 0 Å². The number of methoxy groups -OCH3 is 2. The fourth-order valence-corrected chi connectivity index (χ4v) is 4.24. The summed E-state index contributed by atoms with van der Waals surface area (Å²) in [4.78, 5) is 18.4. The second kappa shape index (κ2) is 7.76. The number of piperidine rings is 1. The number of fused-ring (bicyclic) bond motifs is 1. The van der Waals surface area contributed by atoms with Crippen molar-refractivity contribution in [3.63, 3.8) is 0 Å². The Bertz CT molecular complexity index is 984. The number of hydrogen-bond acceptors (Lipinski definition) is 3. The highest BCUT2D eigenvalue weighted by atomic mass is 35.5. The summed E-state index contributed by atoms with van der Waals surface area (Å²) in [7, 11) is 3.14. The van der Waals surface area contributed by atoms with E-state index in [4.69, 9.17) is 21.1 Å². The summed E-state index contributed by atoms with van der Waals surface area (Å²) in [6, 6.07) is 11.4. The van der Waals surface area contributed by atoms with Crippen molar-refractivity contribution in [3.05, 3.63) is 58.7 Å². The molecule has 0 spiro atoms. The van der Waals surface area contributed by atoms with Gasteiger partial charge in [0, 0.05) is 35.2 Å². The number of benzene rings is 2. The molecule has 0 unspecified atom stereocenters. The van der Waals surface area contributed by atoms with E-state index in [2.05, 4.69) is 17.2 Å². The van der Waals surface area contributed by atoms with Gasteiger partial charge in [-0.1, -0.05) is 23.7 Å². The maximum absolute atomic E-state index is 13.1. The van der Waals surface area contributed by atoms with Crippen LogP contribution in [0.5, 0.6) is 11.5 Å². The Labute approximate surface area is 169 Å². The van der Waals surface area contributed by atoms with E-state index < -0.39 is 0 Å². The molecule has 1 aliphatic heterocycles. The first kappa shape index (κ1) is 18.7. The molecule has 0 radical (unpaired) electrons. The molecule has 1 saturated heterocycles. The molecule has 4 rings (SSSR count). The minimum Gasteiger partial charge on any atom is -0.496 e. The summed E-state index contributed by atoms with van der Waals surface area (Å²) in [6.45, 7) is 1.40. The molecule has 1 aromatic heterocycles. The fraction of sp³-hybridized carbons (Fsp3) is 0.318. The van der Waals surface area contributed by atoms with Crippen molar-refractivity contribution < 1.29 is 14.3 Å². The molecule has 3 aromatic rings. The van der Waals surface area contributed by atoms with E-state index in [0.29, 0.717) is 36.1 Å². The highest BCUT2D eigenvalue weighted by Gasteiger charge is 2.29. The SMILES string of the molecule is COc1cccc(OC)c1C(=O)N1CCC(c2c[nH]c3cc(Cl)ccc23)CC1. The number of likely N-dealkylation sites (tertiary alicyclic amines) is 1. The second-order valence-corrected chi connectivity index (χ2v) is 7.47. The highest BCUT2D eigenvalue weighted by Crippen LogP contribution is 2.36. The molecule has 6 heteroatoms. The van der Waals surface area contributed by atoms with Gasteiger partial charge in [0.25, 0.3) is 5.91 Å². The monoisotopic (exact) mass is 398 g/mol. The number of nitrogens with zero attached hydrogens (tertiary/aromatic N) is 1. The number of H-pyrrole nitrogens is 1. The zero-order valence-corrected chi connectivity index (χ0v) is 16.8. The molecule has 1 fully saturated rings. The molecule has 0 saturated carbocycles. The van der Waals surface area contributed by atoms with Crippen LogP contribution in [0.1, 0.15) is 34.7 Å². The molecule has 1 amide bonds. The Morgan fingerprint density at radius 1 is 1.11 bits per heavy atom. The minimum absolute atomic E-state index is 0.0431. The van der Waals surface area contributed by atoms with Gasteiger partial charge in [0.15, 0.2) is 0 Å². The third-order valence-corrected chi connectivity index (χ3v) is 5.77. The molecule has 2 heterocycles. The van der Waals surface area contributed by atoms with Gasteiger partial charge in [-0.2, -0.15) is 0 Å². The Hall–Kier alpha value is -2.66. The number of aromatic nitrogens is 1. The van der Waals surface area contributed by atoms with Crippen molar-refractivity contribution in [2.45, 2.75) is 18.8 Å². The van der Waals surface area contributed by atoms with Crippen molar-refractivity contribution in [2.24, 2.45) is 0 Å². The first-order valence-electron chi connectivity index (χ1n) is 9.39. The van der Waals surface area contributed by atoms with Crippen LogP contribution >= 0.6 is 11.6 Å². The lowest BCUT2D eigenvalue weighted by Gasteiger charge is -2.32. The number of ether oxygens (including phenoxy) is 2. The summed E-state index contributed by atoms with van der Waals surface area (Å²) < 4.78 is 10.8. The van der Waals surface area contributed by atoms with E-state index >= 15 is 0 Å². The number of rotatable bonds is 4. The third-order valence-electron chi connectivity index (χ3n) is 5.54. The lowest BCUT2D eigenvalue weighted by Crippen LogP contribution is -2.38. The Kier molecular flexibility index (Phi) is 5.18. The van der Waals surface area contributed by atoms with Gasteiger partial charge in [0.05, 0.1) is 14.2 Å². The average molecular weight is 399 g/mol. The smallest absolute Gasteiger partial charge is 0.261 e. The van der Waals surface area contributed by atoms with Crippen molar-refractivity contribution in [1.82, 2.24) is 9.88 Å². The Morgan fingerprint density at radius 3 is 2.43 bits per heavy atom. The van der Waals surface area contributed by atoms with E-state index in [1.165, 1.54) is 10.9 Å². The second-order valence-electron chi connectivity index (χ2n) is 7.04. The standard InChI is InChI=1S/C22H23ClN2O3/c1-27-19-4-3-5-20(28-2)21(19)22(26)25-10-8-14(9-11-25)17-13-24-18-12-15(23)6-7-16(17)18/h3-7,12-14,24H,8-11H2,1-2H3. The van der Waals surface area contributed by atoms with Gasteiger partial charge in [-0.15, -0.1) is 0 Å². The topological polar surface area (TPSA) is 54.6 Å². The number of aromatic amines is 1. The van der Waals surface area contributed by atoms with Crippen LogP contribution in [0.3, 0.4) is 0 Å². The normalized spacial score (nSPS) is 15.0. The number of nitrogens with one attached hydrogen (secondary N) is 1. The molecule has 5 nitrogen and oxygen atoms in total. The molecule has 0 atom stereocenters. The van der Waals surface area contributed by atoms with Gasteiger partial charge in [-0.05, 0) is 48.6 Å². The van der Waals surface area contributed by atoms with Gasteiger partial charge in [-0.3, -0.25) is 4.79 Å². The minimum atomic E-state index is -0.0431. The highest BCUT2D eigenvalue weighted by molar-refractivity contribution is 6.31. The van der Waals surface area contributed by atoms with Gasteiger partial charge in [-0.25, -0.2) is 0 Å². The van der Waals surface area contributed by atoms with E-state index in [0.717, 1.165) is 23.4 Å². The van der Waals surface area contributed by atoms with Crippen LogP contribution in [0, 0.1) is 0 Å². The Morgan fingerprint density at radius 2 is 1.79 bits per heavy atom. The van der Waals surface area contributed by atoms with Crippen molar-refractivity contribution in [3.8, 4) is 11.5 Å². The Balaban J connectivity index is 1.52. The molecule has 2 aromatic carbocycles. The molecule has 0 aliphatic carbocycles. The number of halogens is 1. The third kappa shape index (κ3) is 3.31. The molecule has 146 valence electrons. The van der Waals surface area contributed by atoms with E-state index in [-0.39, 0.29) is 5.91 Å². The van der Waals surface area contributed by atoms with Gasteiger partial charge >= 0.3 is 0 Å². The van der Waals surface area contributed by atoms with Crippen LogP contribution in [-0.4, -0.2) is 43.1 Å². The maximum atomic E-state index is 13.1. The molecular weight excluding hydrogens is 376 g/mol. The molecule has 28 heavy (non-hydrogen) atoms. The predicted octanol–water partition coefficient (Wildman–Crippen LogP) is 4.86. The van der Waals surface area contributed by atoms with Crippen LogP contribution in [0.25, 0.3) is 10.9 Å². The fourth-order valence-electron chi connectivity index (χ4n) is 4.07. The predicted molar refractivity (Wildman–Crippen MR) is 111 cm³/mol.